The molecule has 0 aliphatic heterocycles. The lowest BCUT2D eigenvalue weighted by Gasteiger charge is -2.18. The van der Waals surface area contributed by atoms with Gasteiger partial charge < -0.3 is 14.2 Å². The Morgan fingerprint density at radius 2 is 0.565 bits per heavy atom. The van der Waals surface area contributed by atoms with Crippen LogP contribution in [0.3, 0.4) is 0 Å². The number of unbranched alkanes of at least 4 members (excludes halogenated alkanes) is 33. The van der Waals surface area contributed by atoms with Crippen molar-refractivity contribution in [3.63, 3.8) is 0 Å². The molecule has 0 aromatic rings. The summed E-state index contributed by atoms with van der Waals surface area (Å²) in [4.78, 5) is 38.2. The quantitative estimate of drug-likeness (QED) is 0.0262. The second-order valence-electron chi connectivity index (χ2n) is 19.9. The van der Waals surface area contributed by atoms with Gasteiger partial charge in [-0.2, -0.15) is 0 Å². The normalized spacial score (nSPS) is 12.4. The number of carbonyl (C=O) groups is 3. The SMILES string of the molecule is CC/C=C\C/C=C\C/C=C\CCCCCCCCCC(=O)OCC(COC(=O)CCCCCCCCCCCCCCCCCCC)OC(=O)CCCCCCCCC/C=C\C/C=C\CCCCC. The van der Waals surface area contributed by atoms with Crippen molar-refractivity contribution in [2.24, 2.45) is 0 Å². The Hall–Kier alpha value is -2.89. The minimum absolute atomic E-state index is 0.0778. The Kier molecular flexibility index (Phi) is 55.3. The van der Waals surface area contributed by atoms with Gasteiger partial charge in [0, 0.05) is 19.3 Å². The second kappa shape index (κ2) is 57.7. The minimum Gasteiger partial charge on any atom is -0.462 e. The zero-order valence-electron chi connectivity index (χ0n) is 45.8. The lowest BCUT2D eigenvalue weighted by molar-refractivity contribution is -0.167. The van der Waals surface area contributed by atoms with Crippen LogP contribution in [0.4, 0.5) is 0 Å². The van der Waals surface area contributed by atoms with E-state index in [9.17, 15) is 14.4 Å². The fourth-order valence-corrected chi connectivity index (χ4v) is 8.55. The van der Waals surface area contributed by atoms with Crippen molar-refractivity contribution in [2.45, 2.75) is 309 Å². The third-order valence-electron chi connectivity index (χ3n) is 13.0. The molecule has 6 nitrogen and oxygen atoms in total. The molecule has 0 radical (unpaired) electrons. The summed E-state index contributed by atoms with van der Waals surface area (Å²) in [6, 6.07) is 0. The van der Waals surface area contributed by atoms with E-state index < -0.39 is 6.10 Å². The first-order valence-corrected chi connectivity index (χ1v) is 29.8. The van der Waals surface area contributed by atoms with E-state index in [1.54, 1.807) is 0 Å². The van der Waals surface area contributed by atoms with Gasteiger partial charge in [-0.25, -0.2) is 0 Å². The first-order valence-electron chi connectivity index (χ1n) is 29.8. The average Bonchev–Trinajstić information content (AvgIpc) is 3.35. The van der Waals surface area contributed by atoms with E-state index in [1.165, 1.54) is 167 Å². The molecule has 6 heteroatoms. The van der Waals surface area contributed by atoms with Gasteiger partial charge in [0.05, 0.1) is 0 Å². The lowest BCUT2D eigenvalue weighted by atomic mass is 10.0. The Morgan fingerprint density at radius 1 is 0.304 bits per heavy atom. The first kappa shape index (κ1) is 66.1. The van der Waals surface area contributed by atoms with Gasteiger partial charge in [-0.1, -0.05) is 261 Å². The van der Waals surface area contributed by atoms with Crippen LogP contribution in [0.2, 0.25) is 0 Å². The molecule has 1 unspecified atom stereocenters. The summed E-state index contributed by atoms with van der Waals surface area (Å²) in [5.74, 6) is -0.881. The zero-order chi connectivity index (χ0) is 50.0. The van der Waals surface area contributed by atoms with Gasteiger partial charge in [0.2, 0.25) is 0 Å². The van der Waals surface area contributed by atoms with Crippen LogP contribution in [-0.2, 0) is 28.6 Å². The van der Waals surface area contributed by atoms with E-state index in [1.807, 2.05) is 0 Å². The summed E-state index contributed by atoms with van der Waals surface area (Å²) in [5.41, 5.74) is 0. The van der Waals surface area contributed by atoms with Crippen LogP contribution < -0.4 is 0 Å². The topological polar surface area (TPSA) is 78.9 Å². The van der Waals surface area contributed by atoms with Crippen LogP contribution >= 0.6 is 0 Å². The molecule has 0 aliphatic carbocycles. The van der Waals surface area contributed by atoms with Crippen LogP contribution in [0.1, 0.15) is 303 Å². The molecule has 0 bridgehead atoms. The fraction of sp³-hybridized carbons (Fsp3) is 0.794. The predicted octanol–water partition coefficient (Wildman–Crippen LogP) is 20.0. The minimum atomic E-state index is -0.781. The van der Waals surface area contributed by atoms with Crippen LogP contribution in [-0.4, -0.2) is 37.2 Å². The van der Waals surface area contributed by atoms with Crippen LogP contribution in [0, 0.1) is 0 Å². The summed E-state index contributed by atoms with van der Waals surface area (Å²) >= 11 is 0. The maximum Gasteiger partial charge on any atom is 0.306 e. The van der Waals surface area contributed by atoms with Crippen molar-refractivity contribution < 1.29 is 28.6 Å². The molecule has 0 N–H and O–H groups in total. The van der Waals surface area contributed by atoms with Gasteiger partial charge >= 0.3 is 17.9 Å². The highest BCUT2D eigenvalue weighted by Gasteiger charge is 2.19. The van der Waals surface area contributed by atoms with Crippen molar-refractivity contribution in [2.75, 3.05) is 13.2 Å². The Bertz CT molecular complexity index is 1250. The Morgan fingerprint density at radius 3 is 0.913 bits per heavy atom. The number of ether oxygens (including phenoxy) is 3. The molecular weight excluding hydrogens is 853 g/mol. The zero-order valence-corrected chi connectivity index (χ0v) is 45.8. The summed E-state index contributed by atoms with van der Waals surface area (Å²) in [6.45, 7) is 6.53. The molecule has 1 atom stereocenters. The maximum absolute atomic E-state index is 12.9. The molecule has 0 amide bonds. The fourth-order valence-electron chi connectivity index (χ4n) is 8.55. The average molecular weight is 966 g/mol. The van der Waals surface area contributed by atoms with E-state index in [2.05, 4.69) is 81.5 Å². The number of rotatable bonds is 54. The highest BCUT2D eigenvalue weighted by molar-refractivity contribution is 5.71. The molecule has 0 spiro atoms. The van der Waals surface area contributed by atoms with Gasteiger partial charge in [-0.05, 0) is 83.5 Å². The molecule has 0 saturated carbocycles. The highest BCUT2D eigenvalue weighted by Crippen LogP contribution is 2.16. The molecule has 0 fully saturated rings. The third kappa shape index (κ3) is 55.9. The number of esters is 3. The number of allylic oxidation sites excluding steroid dienone is 10. The second-order valence-corrected chi connectivity index (χ2v) is 19.9. The Labute approximate surface area is 428 Å². The lowest BCUT2D eigenvalue weighted by Crippen LogP contribution is -2.30. The predicted molar refractivity (Wildman–Crippen MR) is 298 cm³/mol. The van der Waals surface area contributed by atoms with Gasteiger partial charge in [0.15, 0.2) is 6.10 Å². The summed E-state index contributed by atoms with van der Waals surface area (Å²) in [5, 5.41) is 0. The monoisotopic (exact) mass is 965 g/mol. The molecule has 0 aromatic carbocycles. The van der Waals surface area contributed by atoms with E-state index in [-0.39, 0.29) is 31.1 Å². The summed E-state index contributed by atoms with van der Waals surface area (Å²) in [6.07, 6.45) is 72.1. The third-order valence-corrected chi connectivity index (χ3v) is 13.0. The largest absolute Gasteiger partial charge is 0.462 e. The number of carbonyl (C=O) groups excluding carboxylic acids is 3. The van der Waals surface area contributed by atoms with Crippen molar-refractivity contribution in [1.29, 1.82) is 0 Å². The Balaban J connectivity index is 4.38. The van der Waals surface area contributed by atoms with Crippen molar-refractivity contribution >= 4 is 17.9 Å². The van der Waals surface area contributed by atoms with Crippen LogP contribution in [0.5, 0.6) is 0 Å². The first-order chi connectivity index (χ1) is 34.0. The molecule has 400 valence electrons. The van der Waals surface area contributed by atoms with Crippen LogP contribution in [0.25, 0.3) is 0 Å². The molecule has 0 saturated heterocycles. The van der Waals surface area contributed by atoms with Gasteiger partial charge in [0.25, 0.3) is 0 Å². The van der Waals surface area contributed by atoms with E-state index in [4.69, 9.17) is 14.2 Å². The maximum atomic E-state index is 12.9. The van der Waals surface area contributed by atoms with E-state index in [0.29, 0.717) is 19.3 Å². The van der Waals surface area contributed by atoms with Crippen molar-refractivity contribution in [3.8, 4) is 0 Å². The van der Waals surface area contributed by atoms with Gasteiger partial charge in [-0.3, -0.25) is 14.4 Å². The van der Waals surface area contributed by atoms with Crippen LogP contribution in [0.15, 0.2) is 60.8 Å². The summed E-state index contributed by atoms with van der Waals surface area (Å²) in [7, 11) is 0. The van der Waals surface area contributed by atoms with E-state index >= 15 is 0 Å². The smallest absolute Gasteiger partial charge is 0.306 e. The molecule has 69 heavy (non-hydrogen) atoms. The van der Waals surface area contributed by atoms with Gasteiger partial charge in [0.1, 0.15) is 13.2 Å². The summed E-state index contributed by atoms with van der Waals surface area (Å²) < 4.78 is 16.9. The molecule has 0 aromatic heterocycles. The van der Waals surface area contributed by atoms with Gasteiger partial charge in [-0.15, -0.1) is 0 Å². The molecule has 0 aliphatic rings. The molecule has 0 heterocycles. The molecule has 0 rings (SSSR count). The van der Waals surface area contributed by atoms with E-state index in [0.717, 1.165) is 96.3 Å². The molecular formula is C63H112O6. The standard InChI is InChI=1S/C63H112O6/c1-4-7-10-13-16-19-22-25-28-31-34-37-40-43-46-49-52-55-61(64)67-58-60(69-63(66)57-54-51-48-45-42-39-36-33-30-27-24-21-18-15-12-9-6-3)59-68-62(65)56-53-50-47-44-41-38-35-32-29-26-23-20-17-14-11-8-5-2/h7,10,16,18-19,21,25,27-28,30,60H,4-6,8-9,11-15,17,20,22-24,26,29,31-59H2,1-3H3/b10-7-,19-16-,21-18-,28-25-,30-27-. The highest BCUT2D eigenvalue weighted by atomic mass is 16.6. The number of hydrogen-bond acceptors (Lipinski definition) is 6. The number of hydrogen-bond donors (Lipinski definition) is 0. The van der Waals surface area contributed by atoms with Crippen molar-refractivity contribution in [1.82, 2.24) is 0 Å². The van der Waals surface area contributed by atoms with Crippen molar-refractivity contribution in [3.05, 3.63) is 60.8 Å².